The summed E-state index contributed by atoms with van der Waals surface area (Å²) in [5.41, 5.74) is 4.47. The molecule has 176 valence electrons. The highest BCUT2D eigenvalue weighted by Crippen LogP contribution is 2.45. The molecule has 0 fully saturated rings. The number of hydrogen-bond donors (Lipinski definition) is 1. The van der Waals surface area contributed by atoms with E-state index in [-0.39, 0.29) is 31.3 Å². The van der Waals surface area contributed by atoms with Gasteiger partial charge in [0.05, 0.1) is 30.3 Å². The number of amides is 1. The Morgan fingerprint density at radius 1 is 1.18 bits per heavy atom. The number of rotatable bonds is 7. The maximum absolute atomic E-state index is 13.4. The molecule has 2 heterocycles. The molecule has 1 unspecified atom stereocenters. The van der Waals surface area contributed by atoms with Gasteiger partial charge in [0, 0.05) is 12.2 Å². The molecular weight excluding hydrogens is 453 g/mol. The molecule has 0 bridgehead atoms. The molecule has 2 aromatic carbocycles. The minimum Gasteiger partial charge on any atom is -0.463 e. The van der Waals surface area contributed by atoms with Gasteiger partial charge in [0.2, 0.25) is 5.91 Å². The number of aliphatic imine (C=N–C) groups is 1. The van der Waals surface area contributed by atoms with E-state index in [0.717, 1.165) is 16.8 Å². The first-order chi connectivity index (χ1) is 16.4. The number of fused-ring (bicyclic) bond motifs is 1. The average Bonchev–Trinajstić information content (AvgIpc) is 3.19. The van der Waals surface area contributed by atoms with Crippen molar-refractivity contribution >= 4 is 28.8 Å². The van der Waals surface area contributed by atoms with Crippen LogP contribution in [-0.4, -0.2) is 28.6 Å². The summed E-state index contributed by atoms with van der Waals surface area (Å²) in [6.07, 6.45) is 0.0961. The molecule has 0 spiro atoms. The van der Waals surface area contributed by atoms with E-state index in [4.69, 9.17) is 4.74 Å². The van der Waals surface area contributed by atoms with Gasteiger partial charge in [-0.3, -0.25) is 4.79 Å². The van der Waals surface area contributed by atoms with E-state index in [2.05, 4.69) is 10.3 Å². The zero-order chi connectivity index (χ0) is 24.2. The lowest BCUT2D eigenvalue weighted by Gasteiger charge is -2.37. The number of benzene rings is 2. The molecule has 2 aliphatic heterocycles. The van der Waals surface area contributed by atoms with Gasteiger partial charge < -0.3 is 15.0 Å². The molecule has 1 N–H and O–H groups in total. The minimum absolute atomic E-state index is 0.0961. The van der Waals surface area contributed by atoms with Crippen LogP contribution in [-0.2, 0) is 20.9 Å². The molecule has 1 atom stereocenters. The number of nitrogens with one attached hydrogen (secondary N) is 1. The van der Waals surface area contributed by atoms with E-state index in [0.29, 0.717) is 22.0 Å². The lowest BCUT2D eigenvalue weighted by molar-refractivity contribution is -0.139. The second-order valence-electron chi connectivity index (χ2n) is 8.05. The fourth-order valence-corrected chi connectivity index (χ4v) is 5.07. The number of carbonyl (C=O) groups excluding carboxylic acids is 2. The first-order valence-corrected chi connectivity index (χ1v) is 11.9. The highest BCUT2D eigenvalue weighted by molar-refractivity contribution is 8.16. The van der Waals surface area contributed by atoms with Gasteiger partial charge in [-0.15, -0.1) is 0 Å². The summed E-state index contributed by atoms with van der Waals surface area (Å²) >= 11 is 1.43. The number of amidine groups is 1. The minimum atomic E-state index is -0.454. The van der Waals surface area contributed by atoms with E-state index >= 15 is 0 Å². The smallest absolute Gasteiger partial charge is 0.338 e. The normalized spacial score (nSPS) is 17.2. The van der Waals surface area contributed by atoms with Gasteiger partial charge in [0.1, 0.15) is 5.82 Å². The molecule has 0 saturated heterocycles. The van der Waals surface area contributed by atoms with E-state index in [1.54, 1.807) is 19.1 Å². The molecule has 6 nitrogen and oxygen atoms in total. The van der Waals surface area contributed by atoms with Gasteiger partial charge in [0.25, 0.3) is 0 Å². The molecule has 0 aromatic heterocycles. The summed E-state index contributed by atoms with van der Waals surface area (Å²) in [5, 5.41) is 5.46. The number of halogens is 1. The summed E-state index contributed by atoms with van der Waals surface area (Å²) in [6.45, 7) is 6.07. The molecule has 4 rings (SSSR count). The number of carbonyl (C=O) groups is 2. The Hall–Kier alpha value is -3.39. The number of ether oxygens (including phenoxy) is 1. The van der Waals surface area contributed by atoms with E-state index < -0.39 is 12.0 Å². The lowest BCUT2D eigenvalue weighted by Crippen LogP contribution is -2.38. The highest BCUT2D eigenvalue weighted by Gasteiger charge is 2.41. The van der Waals surface area contributed by atoms with Gasteiger partial charge in [-0.2, -0.15) is 0 Å². The van der Waals surface area contributed by atoms with Crippen LogP contribution in [0.25, 0.3) is 0 Å². The Labute approximate surface area is 202 Å². The summed E-state index contributed by atoms with van der Waals surface area (Å²) in [6, 6.07) is 13.6. The first kappa shape index (κ1) is 23.8. The highest BCUT2D eigenvalue weighted by atomic mass is 32.2. The van der Waals surface area contributed by atoms with Crippen molar-refractivity contribution in [2.24, 2.45) is 4.99 Å². The summed E-state index contributed by atoms with van der Waals surface area (Å²) in [4.78, 5) is 32.4. The largest absolute Gasteiger partial charge is 0.463 e. The van der Waals surface area contributed by atoms with Crippen molar-refractivity contribution in [3.05, 3.63) is 93.4 Å². The molecule has 8 heteroatoms. The Morgan fingerprint density at radius 3 is 2.71 bits per heavy atom. The molecule has 1 amide bonds. The van der Waals surface area contributed by atoms with Crippen molar-refractivity contribution in [1.82, 2.24) is 10.2 Å². The fraction of sp³-hybridized carbons (Fsp3) is 0.269. The molecule has 34 heavy (non-hydrogen) atoms. The van der Waals surface area contributed by atoms with Crippen LogP contribution in [0, 0.1) is 12.7 Å². The van der Waals surface area contributed by atoms with Gasteiger partial charge in [-0.1, -0.05) is 48.2 Å². The first-order valence-electron chi connectivity index (χ1n) is 11.1. The van der Waals surface area contributed by atoms with Gasteiger partial charge in [-0.05, 0) is 55.0 Å². The lowest BCUT2D eigenvalue weighted by atomic mass is 9.91. The second-order valence-corrected chi connectivity index (χ2v) is 8.89. The molecule has 2 aliphatic rings. The predicted molar refractivity (Wildman–Crippen MR) is 131 cm³/mol. The van der Waals surface area contributed by atoms with Crippen LogP contribution in [0.1, 0.15) is 43.0 Å². The van der Waals surface area contributed by atoms with Crippen LogP contribution >= 0.6 is 11.8 Å². The monoisotopic (exact) mass is 479 g/mol. The van der Waals surface area contributed by atoms with Crippen LogP contribution in [0.15, 0.2) is 75.9 Å². The fourth-order valence-electron chi connectivity index (χ4n) is 4.10. The standard InChI is InChI=1S/C26H26FN3O3S/c1-4-33-25(32)23-17(3)29-26-30(24(23)21-11-6-5-8-16(21)2)20(15-34-26)13-22(31)28-14-18-9-7-10-19(27)12-18/h5-12,15,24H,4,13-14H2,1-3H3,(H,28,31). The molecule has 0 aliphatic carbocycles. The third-order valence-corrected chi connectivity index (χ3v) is 6.59. The molecule has 0 saturated carbocycles. The van der Waals surface area contributed by atoms with Crippen molar-refractivity contribution in [1.29, 1.82) is 0 Å². The van der Waals surface area contributed by atoms with Crippen molar-refractivity contribution in [2.45, 2.75) is 39.8 Å². The molecule has 2 aromatic rings. The van der Waals surface area contributed by atoms with Gasteiger partial charge in [-0.25, -0.2) is 14.2 Å². The summed E-state index contributed by atoms with van der Waals surface area (Å²) in [7, 11) is 0. The van der Waals surface area contributed by atoms with E-state index in [1.807, 2.05) is 48.4 Å². The summed E-state index contributed by atoms with van der Waals surface area (Å²) < 4.78 is 18.8. The van der Waals surface area contributed by atoms with Gasteiger partial charge >= 0.3 is 5.97 Å². The average molecular weight is 480 g/mol. The van der Waals surface area contributed by atoms with Crippen LogP contribution < -0.4 is 5.32 Å². The van der Waals surface area contributed by atoms with Crippen LogP contribution in [0.4, 0.5) is 4.39 Å². The van der Waals surface area contributed by atoms with Crippen LogP contribution in [0.2, 0.25) is 0 Å². The third kappa shape index (κ3) is 4.92. The maximum atomic E-state index is 13.4. The van der Waals surface area contributed by atoms with Gasteiger partial charge in [0.15, 0.2) is 5.17 Å². The molecule has 0 radical (unpaired) electrons. The molecular formula is C26H26FN3O3S. The maximum Gasteiger partial charge on any atom is 0.338 e. The van der Waals surface area contributed by atoms with E-state index in [9.17, 15) is 14.0 Å². The number of thioether (sulfide) groups is 1. The second kappa shape index (κ2) is 10.3. The quantitative estimate of drug-likeness (QED) is 0.568. The number of esters is 1. The SMILES string of the molecule is CCOC(=O)C1=C(C)N=C2SC=C(CC(=O)NCc3cccc(F)c3)N2C1c1ccccc1C. The number of allylic oxidation sites excluding steroid dienone is 1. The van der Waals surface area contributed by atoms with Crippen LogP contribution in [0.5, 0.6) is 0 Å². The number of nitrogens with zero attached hydrogens (tertiary/aromatic N) is 2. The Bertz CT molecular complexity index is 1220. The zero-order valence-corrected chi connectivity index (χ0v) is 20.1. The topological polar surface area (TPSA) is 71.0 Å². The van der Waals surface area contributed by atoms with Crippen molar-refractivity contribution in [3.63, 3.8) is 0 Å². The predicted octanol–water partition coefficient (Wildman–Crippen LogP) is 4.98. The van der Waals surface area contributed by atoms with Crippen molar-refractivity contribution < 1.29 is 18.7 Å². The number of aryl methyl sites for hydroxylation is 1. The van der Waals surface area contributed by atoms with E-state index in [1.165, 1.54) is 23.9 Å². The van der Waals surface area contributed by atoms with Crippen LogP contribution in [0.3, 0.4) is 0 Å². The Balaban J connectivity index is 1.61. The zero-order valence-electron chi connectivity index (χ0n) is 19.3. The summed E-state index contributed by atoms with van der Waals surface area (Å²) in [5.74, 6) is -0.960. The van der Waals surface area contributed by atoms with Crippen molar-refractivity contribution in [3.8, 4) is 0 Å². The Kier molecular flexibility index (Phi) is 7.17. The third-order valence-electron chi connectivity index (χ3n) is 5.70. The van der Waals surface area contributed by atoms with Crippen molar-refractivity contribution in [2.75, 3.05) is 6.61 Å². The Morgan fingerprint density at radius 2 is 1.97 bits per heavy atom. The number of hydrogen-bond acceptors (Lipinski definition) is 6.